The summed E-state index contributed by atoms with van der Waals surface area (Å²) in [4.78, 5) is 14.3. The molecule has 0 atom stereocenters. The highest BCUT2D eigenvalue weighted by atomic mass is 16.4. The van der Waals surface area contributed by atoms with E-state index >= 15 is 0 Å². The number of rotatable bonds is 2. The lowest BCUT2D eigenvalue weighted by Gasteiger charge is -2.14. The Morgan fingerprint density at radius 3 is 2.70 bits per heavy atom. The summed E-state index contributed by atoms with van der Waals surface area (Å²) in [6.45, 7) is 2.65. The highest BCUT2D eigenvalue weighted by Gasteiger charge is 2.28. The molecular weight excluding hydrogens is 290 g/mol. The number of carbonyl (C=O) groups excluding carboxylic acids is 1. The molecule has 0 radical (unpaired) electrons. The lowest BCUT2D eigenvalue weighted by molar-refractivity contribution is 0.0956. The van der Waals surface area contributed by atoms with Crippen LogP contribution in [-0.4, -0.2) is 22.6 Å². The van der Waals surface area contributed by atoms with Crippen molar-refractivity contribution in [2.45, 2.75) is 13.3 Å². The molecule has 114 valence electrons. The third kappa shape index (κ3) is 2.40. The van der Waals surface area contributed by atoms with Crippen LogP contribution < -0.4 is 4.90 Å². The van der Waals surface area contributed by atoms with Crippen LogP contribution in [0.2, 0.25) is 0 Å². The van der Waals surface area contributed by atoms with Crippen LogP contribution in [0.3, 0.4) is 0 Å². The molecule has 3 aromatic rings. The third-order valence-corrected chi connectivity index (χ3v) is 4.04. The van der Waals surface area contributed by atoms with E-state index in [0.29, 0.717) is 12.4 Å². The molecule has 0 aliphatic carbocycles. The van der Waals surface area contributed by atoms with Crippen LogP contribution in [0.25, 0.3) is 11.5 Å². The van der Waals surface area contributed by atoms with Crippen molar-refractivity contribution >= 4 is 11.6 Å². The fourth-order valence-corrected chi connectivity index (χ4v) is 2.79. The fraction of sp³-hybridized carbons (Fsp3) is 0.167. The van der Waals surface area contributed by atoms with Gasteiger partial charge >= 0.3 is 11.8 Å². The van der Waals surface area contributed by atoms with Gasteiger partial charge < -0.3 is 9.32 Å². The molecule has 0 saturated carbocycles. The number of fused-ring (bicyclic) bond motifs is 1. The van der Waals surface area contributed by atoms with Crippen LogP contribution in [0.4, 0.5) is 5.69 Å². The van der Waals surface area contributed by atoms with E-state index in [4.69, 9.17) is 4.42 Å². The summed E-state index contributed by atoms with van der Waals surface area (Å²) < 4.78 is 5.59. The largest absolute Gasteiger partial charge is 0.412 e. The van der Waals surface area contributed by atoms with Crippen LogP contribution in [-0.2, 0) is 6.42 Å². The first-order chi connectivity index (χ1) is 11.2. The van der Waals surface area contributed by atoms with E-state index in [0.717, 1.165) is 23.2 Å². The second kappa shape index (κ2) is 5.35. The molecule has 5 nitrogen and oxygen atoms in total. The standard InChI is InChI=1S/C18H15N3O2/c1-12-6-8-14(9-7-12)16-19-20-17(23-16)18(22)21-11-10-13-4-2-3-5-15(13)21/h2-9H,10-11H2,1H3. The van der Waals surface area contributed by atoms with Gasteiger partial charge in [0.15, 0.2) is 0 Å². The van der Waals surface area contributed by atoms with E-state index in [9.17, 15) is 4.79 Å². The van der Waals surface area contributed by atoms with Crippen LogP contribution in [0.15, 0.2) is 52.9 Å². The minimum atomic E-state index is -0.249. The number of amides is 1. The Hall–Kier alpha value is -2.95. The zero-order valence-corrected chi connectivity index (χ0v) is 12.7. The molecule has 2 aromatic carbocycles. The molecule has 0 saturated heterocycles. The first-order valence-corrected chi connectivity index (χ1v) is 7.53. The number of aryl methyl sites for hydroxylation is 1. The highest BCUT2D eigenvalue weighted by Crippen LogP contribution is 2.29. The first kappa shape index (κ1) is 13.7. The zero-order chi connectivity index (χ0) is 15.8. The number of carbonyl (C=O) groups is 1. The van der Waals surface area contributed by atoms with Gasteiger partial charge in [-0.2, -0.15) is 0 Å². The van der Waals surface area contributed by atoms with Crippen LogP contribution in [0.5, 0.6) is 0 Å². The zero-order valence-electron chi connectivity index (χ0n) is 12.7. The molecule has 23 heavy (non-hydrogen) atoms. The average molecular weight is 305 g/mol. The summed E-state index contributed by atoms with van der Waals surface area (Å²) in [7, 11) is 0. The molecule has 0 unspecified atom stereocenters. The average Bonchev–Trinajstić information content (AvgIpc) is 3.22. The first-order valence-electron chi connectivity index (χ1n) is 7.53. The van der Waals surface area contributed by atoms with Crippen LogP contribution in [0, 0.1) is 6.92 Å². The quantitative estimate of drug-likeness (QED) is 0.729. The Kier molecular flexibility index (Phi) is 3.19. The molecule has 1 amide bonds. The van der Waals surface area contributed by atoms with E-state index in [-0.39, 0.29) is 11.8 Å². The second-order valence-electron chi connectivity index (χ2n) is 5.61. The van der Waals surface area contributed by atoms with Gasteiger partial charge in [0, 0.05) is 17.8 Å². The molecule has 0 bridgehead atoms. The van der Waals surface area contributed by atoms with E-state index in [1.54, 1.807) is 4.90 Å². The number of hydrogen-bond acceptors (Lipinski definition) is 4. The Labute approximate surface area is 133 Å². The third-order valence-electron chi connectivity index (χ3n) is 4.04. The van der Waals surface area contributed by atoms with Gasteiger partial charge in [0.1, 0.15) is 0 Å². The van der Waals surface area contributed by atoms with Crippen molar-refractivity contribution in [3.8, 4) is 11.5 Å². The smallest absolute Gasteiger partial charge is 0.315 e. The molecular formula is C18H15N3O2. The molecule has 0 N–H and O–H groups in total. The second-order valence-corrected chi connectivity index (χ2v) is 5.61. The Morgan fingerprint density at radius 2 is 1.87 bits per heavy atom. The fourth-order valence-electron chi connectivity index (χ4n) is 2.79. The van der Waals surface area contributed by atoms with Gasteiger partial charge in [-0.25, -0.2) is 0 Å². The van der Waals surface area contributed by atoms with Gasteiger partial charge in [0.25, 0.3) is 0 Å². The molecule has 5 heteroatoms. The summed E-state index contributed by atoms with van der Waals surface area (Å²) >= 11 is 0. The summed E-state index contributed by atoms with van der Waals surface area (Å²) in [5, 5.41) is 7.92. The predicted octanol–water partition coefficient (Wildman–Crippen LogP) is 3.25. The van der Waals surface area contributed by atoms with E-state index in [1.165, 1.54) is 5.56 Å². The van der Waals surface area contributed by atoms with E-state index in [1.807, 2.05) is 55.5 Å². The summed E-state index contributed by atoms with van der Waals surface area (Å²) in [6.07, 6.45) is 0.848. The van der Waals surface area contributed by atoms with Crippen molar-refractivity contribution in [2.24, 2.45) is 0 Å². The van der Waals surface area contributed by atoms with Crippen molar-refractivity contribution in [2.75, 3.05) is 11.4 Å². The van der Waals surface area contributed by atoms with Gasteiger partial charge in [-0.3, -0.25) is 4.79 Å². The van der Waals surface area contributed by atoms with Gasteiger partial charge in [0.2, 0.25) is 5.89 Å². The monoisotopic (exact) mass is 305 g/mol. The summed E-state index contributed by atoms with van der Waals surface area (Å²) in [5.41, 5.74) is 4.05. The van der Waals surface area contributed by atoms with Crippen molar-refractivity contribution in [3.63, 3.8) is 0 Å². The molecule has 1 aromatic heterocycles. The Balaban J connectivity index is 1.62. The Bertz CT molecular complexity index is 868. The predicted molar refractivity (Wildman–Crippen MR) is 86.3 cm³/mol. The topological polar surface area (TPSA) is 59.2 Å². The molecule has 1 aliphatic rings. The van der Waals surface area contributed by atoms with Crippen LogP contribution >= 0.6 is 0 Å². The molecule has 4 rings (SSSR count). The van der Waals surface area contributed by atoms with Gasteiger partial charge in [-0.15, -0.1) is 10.2 Å². The number of hydrogen-bond donors (Lipinski definition) is 0. The van der Waals surface area contributed by atoms with Crippen molar-refractivity contribution < 1.29 is 9.21 Å². The number of para-hydroxylation sites is 1. The van der Waals surface area contributed by atoms with E-state index in [2.05, 4.69) is 10.2 Å². The summed E-state index contributed by atoms with van der Waals surface area (Å²) in [5.74, 6) is 0.138. The van der Waals surface area contributed by atoms with Gasteiger partial charge in [-0.1, -0.05) is 35.9 Å². The van der Waals surface area contributed by atoms with Gasteiger partial charge in [0.05, 0.1) is 0 Å². The molecule has 0 fully saturated rings. The maximum absolute atomic E-state index is 12.6. The number of anilines is 1. The summed E-state index contributed by atoms with van der Waals surface area (Å²) in [6, 6.07) is 15.6. The number of benzene rings is 2. The minimum Gasteiger partial charge on any atom is -0.412 e. The minimum absolute atomic E-state index is 0.0253. The van der Waals surface area contributed by atoms with Gasteiger partial charge in [-0.05, 0) is 37.1 Å². The highest BCUT2D eigenvalue weighted by molar-refractivity contribution is 6.04. The van der Waals surface area contributed by atoms with Crippen molar-refractivity contribution in [1.82, 2.24) is 10.2 Å². The van der Waals surface area contributed by atoms with Crippen molar-refractivity contribution in [3.05, 3.63) is 65.5 Å². The number of aromatic nitrogens is 2. The SMILES string of the molecule is Cc1ccc(-c2nnc(C(=O)N3CCc4ccccc43)o2)cc1. The molecule has 0 spiro atoms. The molecule has 2 heterocycles. The number of nitrogens with zero attached hydrogens (tertiary/aromatic N) is 3. The van der Waals surface area contributed by atoms with E-state index < -0.39 is 0 Å². The normalized spacial score (nSPS) is 13.2. The maximum Gasteiger partial charge on any atom is 0.315 e. The van der Waals surface area contributed by atoms with Crippen LogP contribution in [0.1, 0.15) is 21.8 Å². The molecule has 1 aliphatic heterocycles. The maximum atomic E-state index is 12.6. The lowest BCUT2D eigenvalue weighted by Crippen LogP contribution is -2.29. The van der Waals surface area contributed by atoms with Crippen molar-refractivity contribution in [1.29, 1.82) is 0 Å². The Morgan fingerprint density at radius 1 is 1.09 bits per heavy atom. The lowest BCUT2D eigenvalue weighted by atomic mass is 10.1.